The number of methoxy groups -OCH3 is 1. The summed E-state index contributed by atoms with van der Waals surface area (Å²) in [6, 6.07) is 19.2. The number of fused-ring (bicyclic) bond motifs is 1. The number of carbonyl (C=O) groups excluding carboxylic acids is 1. The molecule has 7 heteroatoms. The fraction of sp³-hybridized carbons (Fsp3) is 0.0952. The largest absolute Gasteiger partial charge is 0.497 e. The molecule has 2 aromatic heterocycles. The number of anilines is 1. The first-order valence-electron chi connectivity index (χ1n) is 8.68. The topological polar surface area (TPSA) is 69.0 Å². The third-order valence-electron chi connectivity index (χ3n) is 4.14. The van der Waals surface area contributed by atoms with Gasteiger partial charge in [-0.1, -0.05) is 18.2 Å². The van der Waals surface area contributed by atoms with E-state index in [9.17, 15) is 4.79 Å². The van der Waals surface area contributed by atoms with Gasteiger partial charge in [-0.25, -0.2) is 9.97 Å². The van der Waals surface area contributed by atoms with Crippen LogP contribution < -0.4 is 10.1 Å². The summed E-state index contributed by atoms with van der Waals surface area (Å²) in [4.78, 5) is 22.0. The number of aromatic nitrogens is 3. The van der Waals surface area contributed by atoms with Gasteiger partial charge in [-0.05, 0) is 42.5 Å². The van der Waals surface area contributed by atoms with Crippen LogP contribution in [0.4, 0.5) is 5.69 Å². The van der Waals surface area contributed by atoms with E-state index in [4.69, 9.17) is 4.74 Å². The van der Waals surface area contributed by atoms with Crippen molar-refractivity contribution >= 4 is 34.4 Å². The highest BCUT2D eigenvalue weighted by atomic mass is 32.2. The molecule has 0 saturated carbocycles. The van der Waals surface area contributed by atoms with Gasteiger partial charge in [-0.15, -0.1) is 11.8 Å². The Hall–Kier alpha value is -3.32. The van der Waals surface area contributed by atoms with Crippen molar-refractivity contribution in [2.75, 3.05) is 18.2 Å². The maximum atomic E-state index is 12.2. The number of rotatable bonds is 6. The minimum absolute atomic E-state index is 0.0875. The van der Waals surface area contributed by atoms with Crippen LogP contribution in [0, 0.1) is 0 Å². The molecular formula is C21H18N4O2S. The third kappa shape index (κ3) is 3.99. The van der Waals surface area contributed by atoms with Crippen molar-refractivity contribution in [3.63, 3.8) is 0 Å². The van der Waals surface area contributed by atoms with E-state index in [2.05, 4.69) is 15.3 Å². The van der Waals surface area contributed by atoms with Crippen LogP contribution in [-0.4, -0.2) is 33.3 Å². The predicted molar refractivity (Wildman–Crippen MR) is 111 cm³/mol. The Kier molecular flexibility index (Phi) is 5.25. The van der Waals surface area contributed by atoms with Gasteiger partial charge in [0, 0.05) is 4.90 Å². The summed E-state index contributed by atoms with van der Waals surface area (Å²) in [7, 11) is 1.62. The van der Waals surface area contributed by atoms with Crippen LogP contribution in [0.5, 0.6) is 5.75 Å². The Morgan fingerprint density at radius 1 is 1.11 bits per heavy atom. The van der Waals surface area contributed by atoms with Crippen LogP contribution in [-0.2, 0) is 4.79 Å². The fourth-order valence-electron chi connectivity index (χ4n) is 2.78. The number of ether oxygens (including phenoxy) is 1. The second-order valence-corrected chi connectivity index (χ2v) is 7.07. The Morgan fingerprint density at radius 3 is 2.82 bits per heavy atom. The number of hydrogen-bond acceptors (Lipinski definition) is 5. The van der Waals surface area contributed by atoms with Crippen LogP contribution in [0.3, 0.4) is 0 Å². The first-order chi connectivity index (χ1) is 13.7. The molecule has 0 bridgehead atoms. The molecule has 0 saturated heterocycles. The molecule has 0 atom stereocenters. The van der Waals surface area contributed by atoms with E-state index in [1.807, 2.05) is 65.2 Å². The van der Waals surface area contributed by atoms with E-state index in [0.29, 0.717) is 11.4 Å². The summed E-state index contributed by atoms with van der Waals surface area (Å²) >= 11 is 1.46. The van der Waals surface area contributed by atoms with Gasteiger partial charge in [0.1, 0.15) is 17.9 Å². The van der Waals surface area contributed by atoms with Crippen LogP contribution in [0.1, 0.15) is 0 Å². The van der Waals surface area contributed by atoms with Gasteiger partial charge in [0.05, 0.1) is 35.8 Å². The molecule has 0 aliphatic carbocycles. The average molecular weight is 390 g/mol. The number of nitrogens with zero attached hydrogens (tertiary/aromatic N) is 3. The first kappa shape index (κ1) is 18.1. The van der Waals surface area contributed by atoms with Crippen molar-refractivity contribution < 1.29 is 9.53 Å². The fourth-order valence-corrected chi connectivity index (χ4v) is 3.53. The van der Waals surface area contributed by atoms with E-state index in [-0.39, 0.29) is 5.91 Å². The zero-order valence-corrected chi connectivity index (χ0v) is 16.0. The molecule has 0 aliphatic heterocycles. The monoisotopic (exact) mass is 390 g/mol. The second kappa shape index (κ2) is 8.14. The van der Waals surface area contributed by atoms with Gasteiger partial charge in [0.2, 0.25) is 5.91 Å². The molecule has 1 amide bonds. The van der Waals surface area contributed by atoms with Crippen molar-refractivity contribution in [3.05, 3.63) is 73.2 Å². The Bertz CT molecular complexity index is 1110. The lowest BCUT2D eigenvalue weighted by Gasteiger charge is -2.08. The molecule has 2 aromatic carbocycles. The molecular weight excluding hydrogens is 372 g/mol. The lowest BCUT2D eigenvalue weighted by molar-refractivity contribution is -0.113. The summed E-state index contributed by atoms with van der Waals surface area (Å²) in [6.45, 7) is 0. The highest BCUT2D eigenvalue weighted by molar-refractivity contribution is 8.00. The van der Waals surface area contributed by atoms with Gasteiger partial charge in [-0.2, -0.15) is 0 Å². The van der Waals surface area contributed by atoms with E-state index < -0.39 is 0 Å². The van der Waals surface area contributed by atoms with E-state index in [1.54, 1.807) is 19.6 Å². The summed E-state index contributed by atoms with van der Waals surface area (Å²) in [5, 5.41) is 2.87. The number of imidazole rings is 1. The number of carbonyl (C=O) groups is 1. The normalized spacial score (nSPS) is 10.8. The Morgan fingerprint density at radius 2 is 2.00 bits per heavy atom. The smallest absolute Gasteiger partial charge is 0.234 e. The number of amides is 1. The van der Waals surface area contributed by atoms with Crippen molar-refractivity contribution in [3.8, 4) is 11.6 Å². The summed E-state index contributed by atoms with van der Waals surface area (Å²) in [5.74, 6) is 1.74. The Labute approximate surface area is 166 Å². The molecule has 0 fully saturated rings. The molecule has 28 heavy (non-hydrogen) atoms. The third-order valence-corrected chi connectivity index (χ3v) is 5.14. The lowest BCUT2D eigenvalue weighted by Crippen LogP contribution is -2.14. The van der Waals surface area contributed by atoms with Crippen molar-refractivity contribution in [1.29, 1.82) is 0 Å². The SMILES string of the molecule is COc1cccc(SCC(=O)Nc2ccc(-n3cnc4ccccc43)nc2)c1. The molecule has 0 unspecified atom stereocenters. The molecule has 2 heterocycles. The highest BCUT2D eigenvalue weighted by Gasteiger charge is 2.07. The molecule has 4 aromatic rings. The predicted octanol–water partition coefficient (Wildman–Crippen LogP) is 4.16. The molecule has 0 radical (unpaired) electrons. The molecule has 140 valence electrons. The van der Waals surface area contributed by atoms with E-state index in [1.165, 1.54) is 11.8 Å². The Balaban J connectivity index is 1.39. The molecule has 4 rings (SSSR count). The van der Waals surface area contributed by atoms with Crippen molar-refractivity contribution in [2.45, 2.75) is 4.90 Å². The first-order valence-corrected chi connectivity index (χ1v) is 9.67. The minimum Gasteiger partial charge on any atom is -0.497 e. The van der Waals surface area contributed by atoms with Crippen LogP contribution in [0.25, 0.3) is 16.9 Å². The van der Waals surface area contributed by atoms with Gasteiger partial charge in [0.15, 0.2) is 0 Å². The number of hydrogen-bond donors (Lipinski definition) is 1. The summed E-state index contributed by atoms with van der Waals surface area (Å²) in [6.07, 6.45) is 3.40. The van der Waals surface area contributed by atoms with Crippen LogP contribution >= 0.6 is 11.8 Å². The van der Waals surface area contributed by atoms with Gasteiger partial charge in [0.25, 0.3) is 0 Å². The zero-order chi connectivity index (χ0) is 19.3. The maximum Gasteiger partial charge on any atom is 0.234 e. The second-order valence-electron chi connectivity index (χ2n) is 6.02. The number of thioether (sulfide) groups is 1. The maximum absolute atomic E-state index is 12.2. The molecule has 1 N–H and O–H groups in total. The molecule has 0 aliphatic rings. The number of nitrogens with one attached hydrogen (secondary N) is 1. The lowest BCUT2D eigenvalue weighted by atomic mass is 10.3. The van der Waals surface area contributed by atoms with Gasteiger partial charge in [-0.3, -0.25) is 9.36 Å². The highest BCUT2D eigenvalue weighted by Crippen LogP contribution is 2.23. The number of pyridine rings is 1. The quantitative estimate of drug-likeness (QED) is 0.501. The minimum atomic E-state index is -0.0875. The van der Waals surface area contributed by atoms with Crippen molar-refractivity contribution in [2.24, 2.45) is 0 Å². The van der Waals surface area contributed by atoms with Crippen LogP contribution in [0.2, 0.25) is 0 Å². The van der Waals surface area contributed by atoms with Gasteiger partial charge < -0.3 is 10.1 Å². The zero-order valence-electron chi connectivity index (χ0n) is 15.2. The summed E-state index contributed by atoms with van der Waals surface area (Å²) in [5.41, 5.74) is 2.56. The summed E-state index contributed by atoms with van der Waals surface area (Å²) < 4.78 is 7.11. The average Bonchev–Trinajstić information content (AvgIpc) is 3.17. The molecule has 0 spiro atoms. The van der Waals surface area contributed by atoms with E-state index in [0.717, 1.165) is 27.5 Å². The van der Waals surface area contributed by atoms with Gasteiger partial charge >= 0.3 is 0 Å². The number of para-hydroxylation sites is 2. The molecule has 6 nitrogen and oxygen atoms in total. The van der Waals surface area contributed by atoms with E-state index >= 15 is 0 Å². The van der Waals surface area contributed by atoms with Crippen molar-refractivity contribution in [1.82, 2.24) is 14.5 Å². The van der Waals surface area contributed by atoms with Crippen LogP contribution in [0.15, 0.2) is 78.1 Å². The number of benzene rings is 2. The standard InChI is InChI=1S/C21H18N4O2S/c1-27-16-5-4-6-17(11-16)28-13-21(26)24-15-9-10-20(22-12-15)25-14-23-18-7-2-3-8-19(18)25/h2-12,14H,13H2,1H3,(H,24,26).